The topological polar surface area (TPSA) is 9.86 Å². The van der Waals surface area contributed by atoms with Crippen LogP contribution in [0.5, 0.6) is 0 Å². The zero-order valence-electron chi connectivity index (χ0n) is 29.7. The van der Waals surface area contributed by atoms with Crippen molar-refractivity contribution in [1.82, 2.24) is 9.13 Å². The molecule has 0 aliphatic heterocycles. The highest BCUT2D eigenvalue weighted by Crippen LogP contribution is 2.50. The Morgan fingerprint density at radius 1 is 0.340 bits per heavy atom. The summed E-state index contributed by atoms with van der Waals surface area (Å²) >= 11 is 0. The van der Waals surface area contributed by atoms with E-state index in [1.165, 1.54) is 93.8 Å². The molecule has 1 aliphatic carbocycles. The normalized spacial score (nSPS) is 13.2. The lowest BCUT2D eigenvalue weighted by atomic mass is 9.82. The van der Waals surface area contributed by atoms with Gasteiger partial charge in [-0.15, -0.1) is 0 Å². The van der Waals surface area contributed by atoms with E-state index in [1.54, 1.807) is 0 Å². The minimum atomic E-state index is -0.0229. The van der Waals surface area contributed by atoms with Crippen LogP contribution < -0.4 is 0 Å². The van der Waals surface area contributed by atoms with Gasteiger partial charge < -0.3 is 9.13 Å². The maximum absolute atomic E-state index is 2.46. The van der Waals surface area contributed by atoms with Crippen molar-refractivity contribution in [2.75, 3.05) is 0 Å². The predicted molar refractivity (Wildman–Crippen MR) is 224 cm³/mol. The van der Waals surface area contributed by atoms with E-state index in [0.29, 0.717) is 0 Å². The Morgan fingerprint density at radius 2 is 0.943 bits per heavy atom. The third kappa shape index (κ3) is 4.33. The van der Waals surface area contributed by atoms with Crippen LogP contribution in [0.15, 0.2) is 182 Å². The molecule has 0 amide bonds. The van der Waals surface area contributed by atoms with Crippen LogP contribution in [0.25, 0.3) is 88.4 Å². The molecule has 0 N–H and O–H groups in total. The summed E-state index contributed by atoms with van der Waals surface area (Å²) in [4.78, 5) is 0. The second kappa shape index (κ2) is 11.2. The fourth-order valence-electron chi connectivity index (χ4n) is 9.26. The highest BCUT2D eigenvalue weighted by molar-refractivity contribution is 6.17. The van der Waals surface area contributed by atoms with Crippen LogP contribution in [-0.2, 0) is 5.41 Å². The number of para-hydroxylation sites is 2. The predicted octanol–water partition coefficient (Wildman–Crippen LogP) is 13.5. The quantitative estimate of drug-likeness (QED) is 0.176. The molecule has 11 rings (SSSR count). The Hall–Kier alpha value is -6.64. The number of nitrogens with zero attached hydrogens (tertiary/aromatic N) is 2. The molecular weight excluding hydrogens is 641 g/mol. The maximum Gasteiger partial charge on any atom is 0.0547 e. The zero-order chi connectivity index (χ0) is 35.3. The van der Waals surface area contributed by atoms with E-state index in [2.05, 4.69) is 205 Å². The number of hydrogen-bond acceptors (Lipinski definition) is 0. The molecule has 53 heavy (non-hydrogen) atoms. The highest BCUT2D eigenvalue weighted by atomic mass is 15.0. The molecule has 0 spiro atoms. The molecule has 8 aromatic carbocycles. The lowest BCUT2D eigenvalue weighted by Gasteiger charge is -2.21. The van der Waals surface area contributed by atoms with Gasteiger partial charge >= 0.3 is 0 Å². The molecule has 0 atom stereocenters. The Kier molecular flexibility index (Phi) is 6.33. The second-order valence-electron chi connectivity index (χ2n) is 15.0. The Morgan fingerprint density at radius 3 is 1.81 bits per heavy atom. The minimum absolute atomic E-state index is 0.0229. The van der Waals surface area contributed by atoms with Crippen molar-refractivity contribution in [3.05, 3.63) is 193 Å². The number of aromatic nitrogens is 2. The molecule has 2 nitrogen and oxygen atoms in total. The van der Waals surface area contributed by atoms with Crippen molar-refractivity contribution in [3.63, 3.8) is 0 Å². The summed E-state index contributed by atoms with van der Waals surface area (Å²) in [7, 11) is 0. The van der Waals surface area contributed by atoms with Gasteiger partial charge in [-0.3, -0.25) is 0 Å². The Bertz CT molecular complexity index is 3080. The minimum Gasteiger partial charge on any atom is -0.309 e. The number of hydrogen-bond donors (Lipinski definition) is 0. The van der Waals surface area contributed by atoms with Crippen LogP contribution in [0.4, 0.5) is 0 Å². The van der Waals surface area contributed by atoms with Crippen molar-refractivity contribution in [2.24, 2.45) is 0 Å². The van der Waals surface area contributed by atoms with Crippen LogP contribution in [0.2, 0.25) is 0 Å². The van der Waals surface area contributed by atoms with Gasteiger partial charge in [0.2, 0.25) is 0 Å². The number of rotatable bonds is 4. The average Bonchev–Trinajstić information content (AvgIpc) is 3.81. The fourth-order valence-corrected chi connectivity index (χ4v) is 9.26. The highest BCUT2D eigenvalue weighted by Gasteiger charge is 2.35. The van der Waals surface area contributed by atoms with Crippen LogP contribution in [-0.4, -0.2) is 9.13 Å². The van der Waals surface area contributed by atoms with E-state index in [0.717, 1.165) is 5.69 Å². The van der Waals surface area contributed by atoms with E-state index in [9.17, 15) is 0 Å². The van der Waals surface area contributed by atoms with E-state index in [1.807, 2.05) is 0 Å². The van der Waals surface area contributed by atoms with Crippen LogP contribution in [0, 0.1) is 0 Å². The third-order valence-corrected chi connectivity index (χ3v) is 11.7. The van der Waals surface area contributed by atoms with Gasteiger partial charge in [0.25, 0.3) is 0 Å². The summed E-state index contributed by atoms with van der Waals surface area (Å²) in [5.41, 5.74) is 17.5. The summed E-state index contributed by atoms with van der Waals surface area (Å²) in [6, 6.07) is 67.1. The lowest BCUT2D eigenvalue weighted by Crippen LogP contribution is -2.14. The first-order valence-corrected chi connectivity index (χ1v) is 18.5. The Balaban J connectivity index is 1.11. The smallest absolute Gasteiger partial charge is 0.0547 e. The first-order valence-electron chi connectivity index (χ1n) is 18.5. The molecule has 0 saturated heterocycles. The van der Waals surface area contributed by atoms with Gasteiger partial charge in [0.1, 0.15) is 0 Å². The van der Waals surface area contributed by atoms with E-state index < -0.39 is 0 Å². The molecule has 0 saturated carbocycles. The van der Waals surface area contributed by atoms with Crippen molar-refractivity contribution < 1.29 is 0 Å². The molecule has 2 heterocycles. The molecule has 2 aromatic heterocycles. The molecule has 10 aromatic rings. The number of benzene rings is 8. The monoisotopic (exact) mass is 676 g/mol. The zero-order valence-corrected chi connectivity index (χ0v) is 29.7. The van der Waals surface area contributed by atoms with Crippen LogP contribution in [0.3, 0.4) is 0 Å². The van der Waals surface area contributed by atoms with Gasteiger partial charge in [0.15, 0.2) is 0 Å². The third-order valence-electron chi connectivity index (χ3n) is 11.7. The standard InChI is InChI=1S/C51H36N2/c1-51(2)44-22-9-6-18-39(44)42-32-37(27-28-45(42)51)53-47-24-11-8-20-41(47)50-38(21-13-25-49(50)53)35-26-29-48-43(31-35)40-19-7-10-23-46(40)52(48)36-17-12-16-34(30-36)33-14-4-3-5-15-33/h3-32H,1-2H3. The average molecular weight is 677 g/mol. The van der Waals surface area contributed by atoms with Gasteiger partial charge in [0.05, 0.1) is 22.1 Å². The summed E-state index contributed by atoms with van der Waals surface area (Å²) in [6.45, 7) is 4.69. The molecule has 0 unspecified atom stereocenters. The SMILES string of the molecule is CC1(C)c2ccccc2-c2cc(-n3c4ccccc4c4c(-c5ccc6c(c5)c5ccccc5n6-c5cccc(-c6ccccc6)c5)cccc43)ccc21. The van der Waals surface area contributed by atoms with E-state index in [4.69, 9.17) is 0 Å². The van der Waals surface area contributed by atoms with E-state index >= 15 is 0 Å². The van der Waals surface area contributed by atoms with Crippen LogP contribution in [0.1, 0.15) is 25.0 Å². The molecule has 0 fully saturated rings. The van der Waals surface area contributed by atoms with Gasteiger partial charge in [-0.2, -0.15) is 0 Å². The van der Waals surface area contributed by atoms with Crippen LogP contribution >= 0.6 is 0 Å². The Labute approximate surface area is 308 Å². The van der Waals surface area contributed by atoms with Gasteiger partial charge in [-0.25, -0.2) is 0 Å². The number of fused-ring (bicyclic) bond motifs is 9. The first-order chi connectivity index (χ1) is 26.1. The second-order valence-corrected chi connectivity index (χ2v) is 15.0. The fraction of sp³-hybridized carbons (Fsp3) is 0.0588. The van der Waals surface area contributed by atoms with Crippen molar-refractivity contribution in [2.45, 2.75) is 19.3 Å². The summed E-state index contributed by atoms with van der Waals surface area (Å²) in [6.07, 6.45) is 0. The summed E-state index contributed by atoms with van der Waals surface area (Å²) in [5, 5.41) is 5.05. The van der Waals surface area contributed by atoms with Gasteiger partial charge in [-0.1, -0.05) is 141 Å². The largest absolute Gasteiger partial charge is 0.309 e. The molecule has 0 radical (unpaired) electrons. The van der Waals surface area contributed by atoms with Crippen molar-refractivity contribution >= 4 is 43.6 Å². The van der Waals surface area contributed by atoms with Gasteiger partial charge in [-0.05, 0) is 99.1 Å². The maximum atomic E-state index is 2.46. The lowest BCUT2D eigenvalue weighted by molar-refractivity contribution is 0.660. The van der Waals surface area contributed by atoms with Gasteiger partial charge in [0, 0.05) is 38.3 Å². The van der Waals surface area contributed by atoms with Crippen molar-refractivity contribution in [1.29, 1.82) is 0 Å². The molecule has 2 heteroatoms. The first kappa shape index (κ1) is 30.0. The van der Waals surface area contributed by atoms with E-state index in [-0.39, 0.29) is 5.41 Å². The molecule has 1 aliphatic rings. The summed E-state index contributed by atoms with van der Waals surface area (Å²) < 4.78 is 4.88. The molecular formula is C51H36N2. The molecule has 250 valence electrons. The van der Waals surface area contributed by atoms with Crippen molar-refractivity contribution in [3.8, 4) is 44.8 Å². The molecule has 0 bridgehead atoms. The summed E-state index contributed by atoms with van der Waals surface area (Å²) in [5.74, 6) is 0.